The first kappa shape index (κ1) is 12.9. The van der Waals surface area contributed by atoms with Gasteiger partial charge in [0.2, 0.25) is 0 Å². The lowest BCUT2D eigenvalue weighted by Gasteiger charge is -2.24. The van der Waals surface area contributed by atoms with Crippen LogP contribution in [0, 0.1) is 18.8 Å². The van der Waals surface area contributed by atoms with E-state index < -0.39 is 6.17 Å². The lowest BCUT2D eigenvalue weighted by atomic mass is 9.87. The van der Waals surface area contributed by atoms with Crippen molar-refractivity contribution >= 4 is 5.82 Å². The monoisotopic (exact) mass is 225 g/mol. The number of nitrogens with zero attached hydrogens (tertiary/aromatic N) is 1. The highest BCUT2D eigenvalue weighted by Gasteiger charge is 2.26. The van der Waals surface area contributed by atoms with E-state index in [-0.39, 0.29) is 17.7 Å². The molecule has 1 aromatic heterocycles. The Hall–Kier alpha value is -1.16. The van der Waals surface area contributed by atoms with Crippen molar-refractivity contribution in [2.75, 3.05) is 12.3 Å². The zero-order chi connectivity index (χ0) is 12.3. The summed E-state index contributed by atoms with van der Waals surface area (Å²) in [5.41, 5.74) is 12.7. The molecule has 1 heterocycles. The molecule has 3 nitrogen and oxygen atoms in total. The second kappa shape index (κ2) is 5.25. The molecule has 0 bridgehead atoms. The van der Waals surface area contributed by atoms with Crippen LogP contribution in [0.1, 0.15) is 31.1 Å². The van der Waals surface area contributed by atoms with E-state index >= 15 is 0 Å². The summed E-state index contributed by atoms with van der Waals surface area (Å²) < 4.78 is 14.3. The maximum Gasteiger partial charge on any atom is 0.133 e. The molecule has 0 saturated heterocycles. The number of aromatic nitrogens is 1. The summed E-state index contributed by atoms with van der Waals surface area (Å²) in [6, 6.07) is 1.75. The van der Waals surface area contributed by atoms with Gasteiger partial charge in [0.05, 0.1) is 0 Å². The molecule has 1 rings (SSSR count). The third-order valence-electron chi connectivity index (χ3n) is 2.89. The fourth-order valence-electron chi connectivity index (χ4n) is 1.78. The molecule has 1 aromatic rings. The average molecular weight is 225 g/mol. The number of alkyl halides is 1. The Balaban J connectivity index is 3.02. The third-order valence-corrected chi connectivity index (χ3v) is 2.89. The van der Waals surface area contributed by atoms with Crippen molar-refractivity contribution in [1.82, 2.24) is 4.98 Å². The summed E-state index contributed by atoms with van der Waals surface area (Å²) in [7, 11) is 0. The van der Waals surface area contributed by atoms with Gasteiger partial charge >= 0.3 is 0 Å². The average Bonchev–Trinajstić information content (AvgIpc) is 2.22. The molecule has 0 aliphatic rings. The molecular weight excluding hydrogens is 205 g/mol. The van der Waals surface area contributed by atoms with Crippen molar-refractivity contribution in [3.05, 3.63) is 23.4 Å². The number of hydrogen-bond donors (Lipinski definition) is 2. The van der Waals surface area contributed by atoms with Gasteiger partial charge in [-0.05, 0) is 31.0 Å². The molecule has 90 valence electrons. The first-order valence-corrected chi connectivity index (χ1v) is 5.53. The Morgan fingerprint density at radius 2 is 2.06 bits per heavy atom. The molecule has 0 fully saturated rings. The SMILES string of the molecule is Cc1cnc(N)c(C(F)C(CN)C(C)C)c1. The highest BCUT2D eigenvalue weighted by Crippen LogP contribution is 2.33. The number of nitrogen functional groups attached to an aromatic ring is 1. The zero-order valence-electron chi connectivity index (χ0n) is 10.1. The minimum Gasteiger partial charge on any atom is -0.383 e. The first-order chi connectivity index (χ1) is 7.47. The summed E-state index contributed by atoms with van der Waals surface area (Å²) in [6.07, 6.45) is 0.496. The van der Waals surface area contributed by atoms with Crippen LogP contribution in [0.3, 0.4) is 0 Å². The minimum absolute atomic E-state index is 0.180. The van der Waals surface area contributed by atoms with Crippen molar-refractivity contribution in [2.24, 2.45) is 17.6 Å². The van der Waals surface area contributed by atoms with E-state index in [1.165, 1.54) is 0 Å². The molecule has 0 spiro atoms. The molecule has 16 heavy (non-hydrogen) atoms. The Morgan fingerprint density at radius 3 is 2.56 bits per heavy atom. The van der Waals surface area contributed by atoms with Gasteiger partial charge < -0.3 is 11.5 Å². The second-order valence-electron chi connectivity index (χ2n) is 4.53. The minimum atomic E-state index is -1.14. The number of aryl methyl sites for hydroxylation is 1. The van der Waals surface area contributed by atoms with Crippen LogP contribution < -0.4 is 11.5 Å². The quantitative estimate of drug-likeness (QED) is 0.825. The smallest absolute Gasteiger partial charge is 0.133 e. The maximum absolute atomic E-state index is 14.3. The molecule has 2 atom stereocenters. The number of nitrogens with two attached hydrogens (primary N) is 2. The number of pyridine rings is 1. The van der Waals surface area contributed by atoms with Gasteiger partial charge in [-0.1, -0.05) is 13.8 Å². The fraction of sp³-hybridized carbons (Fsp3) is 0.583. The van der Waals surface area contributed by atoms with Crippen molar-refractivity contribution in [3.63, 3.8) is 0 Å². The van der Waals surface area contributed by atoms with Crippen LogP contribution in [0.5, 0.6) is 0 Å². The van der Waals surface area contributed by atoms with E-state index in [2.05, 4.69) is 4.98 Å². The molecule has 4 N–H and O–H groups in total. The van der Waals surface area contributed by atoms with Gasteiger partial charge in [-0.2, -0.15) is 0 Å². The van der Waals surface area contributed by atoms with E-state index in [0.717, 1.165) is 5.56 Å². The van der Waals surface area contributed by atoms with Gasteiger partial charge in [-0.3, -0.25) is 0 Å². The highest BCUT2D eigenvalue weighted by molar-refractivity contribution is 5.42. The molecule has 0 aliphatic carbocycles. The van der Waals surface area contributed by atoms with E-state index in [1.54, 1.807) is 12.3 Å². The highest BCUT2D eigenvalue weighted by atomic mass is 19.1. The van der Waals surface area contributed by atoms with Gasteiger partial charge in [-0.15, -0.1) is 0 Å². The predicted molar refractivity (Wildman–Crippen MR) is 64.6 cm³/mol. The van der Waals surface area contributed by atoms with Gasteiger partial charge in [-0.25, -0.2) is 9.37 Å². The van der Waals surface area contributed by atoms with Crippen molar-refractivity contribution in [2.45, 2.75) is 26.9 Å². The van der Waals surface area contributed by atoms with Gasteiger partial charge in [0.1, 0.15) is 12.0 Å². The molecule has 2 unspecified atom stereocenters. The molecule has 0 aromatic carbocycles. The van der Waals surface area contributed by atoms with Crippen LogP contribution in [-0.4, -0.2) is 11.5 Å². The van der Waals surface area contributed by atoms with Crippen molar-refractivity contribution in [3.8, 4) is 0 Å². The van der Waals surface area contributed by atoms with E-state index in [4.69, 9.17) is 11.5 Å². The summed E-state index contributed by atoms with van der Waals surface area (Å²) in [4.78, 5) is 3.97. The van der Waals surface area contributed by atoms with Crippen LogP contribution in [0.15, 0.2) is 12.3 Å². The van der Waals surface area contributed by atoms with Crippen LogP contribution in [-0.2, 0) is 0 Å². The molecular formula is C12H20FN3. The molecule has 0 saturated carbocycles. The first-order valence-electron chi connectivity index (χ1n) is 5.53. The van der Waals surface area contributed by atoms with Gasteiger partial charge in [0, 0.05) is 17.7 Å². The topological polar surface area (TPSA) is 64.9 Å². The number of halogens is 1. The van der Waals surface area contributed by atoms with E-state index in [9.17, 15) is 4.39 Å². The fourth-order valence-corrected chi connectivity index (χ4v) is 1.78. The van der Waals surface area contributed by atoms with Crippen LogP contribution in [0.2, 0.25) is 0 Å². The van der Waals surface area contributed by atoms with Gasteiger partial charge in [0.15, 0.2) is 0 Å². The molecule has 0 aliphatic heterocycles. The van der Waals surface area contributed by atoms with E-state index in [0.29, 0.717) is 12.1 Å². The molecule has 4 heteroatoms. The van der Waals surface area contributed by atoms with Crippen LogP contribution >= 0.6 is 0 Å². The second-order valence-corrected chi connectivity index (χ2v) is 4.53. The van der Waals surface area contributed by atoms with Crippen molar-refractivity contribution in [1.29, 1.82) is 0 Å². The normalized spacial score (nSPS) is 15.1. The van der Waals surface area contributed by atoms with Gasteiger partial charge in [0.25, 0.3) is 0 Å². The summed E-state index contributed by atoms with van der Waals surface area (Å²) >= 11 is 0. The largest absolute Gasteiger partial charge is 0.383 e. The zero-order valence-corrected chi connectivity index (χ0v) is 10.1. The third kappa shape index (κ3) is 2.70. The van der Waals surface area contributed by atoms with Crippen LogP contribution in [0.25, 0.3) is 0 Å². The molecule has 0 radical (unpaired) electrons. The standard InChI is InChI=1S/C12H20FN3/c1-7(2)10(5-14)11(13)9-4-8(3)6-16-12(9)15/h4,6-7,10-11H,5,14H2,1-3H3,(H2,15,16). The lowest BCUT2D eigenvalue weighted by Crippen LogP contribution is -2.25. The number of anilines is 1. The van der Waals surface area contributed by atoms with Crippen molar-refractivity contribution < 1.29 is 4.39 Å². The number of hydrogen-bond acceptors (Lipinski definition) is 3. The lowest BCUT2D eigenvalue weighted by molar-refractivity contribution is 0.189. The number of rotatable bonds is 4. The summed E-state index contributed by atoms with van der Waals surface area (Å²) in [6.45, 7) is 6.11. The maximum atomic E-state index is 14.3. The summed E-state index contributed by atoms with van der Waals surface area (Å²) in [5.74, 6) is 0.225. The Labute approximate surface area is 96.1 Å². The summed E-state index contributed by atoms with van der Waals surface area (Å²) in [5, 5.41) is 0. The molecule has 0 amide bonds. The van der Waals surface area contributed by atoms with Crippen LogP contribution in [0.4, 0.5) is 10.2 Å². The predicted octanol–water partition coefficient (Wildman–Crippen LogP) is 2.21. The Kier molecular flexibility index (Phi) is 4.24. The Bertz CT molecular complexity index is 352. The Morgan fingerprint density at radius 1 is 1.44 bits per heavy atom. The van der Waals surface area contributed by atoms with E-state index in [1.807, 2.05) is 20.8 Å².